The third-order valence-electron chi connectivity index (χ3n) is 2.78. The maximum atomic E-state index is 11.7. The summed E-state index contributed by atoms with van der Waals surface area (Å²) in [5.41, 5.74) is 0. The van der Waals surface area contributed by atoms with E-state index in [1.165, 1.54) is 11.8 Å². The highest BCUT2D eigenvalue weighted by atomic mass is 32.2. The molecular formula is C14H24N4O3S. The van der Waals surface area contributed by atoms with Gasteiger partial charge < -0.3 is 14.6 Å². The normalized spacial score (nSPS) is 10.8. The average Bonchev–Trinajstić information content (AvgIpc) is 2.87. The zero-order valence-electron chi connectivity index (χ0n) is 13.6. The summed E-state index contributed by atoms with van der Waals surface area (Å²) < 4.78 is 6.80. The summed E-state index contributed by atoms with van der Waals surface area (Å²) in [6.07, 6.45) is 0.973. The smallest absolute Gasteiger partial charge is 0.325 e. The van der Waals surface area contributed by atoms with Gasteiger partial charge in [-0.1, -0.05) is 32.5 Å². The average molecular weight is 328 g/mol. The zero-order chi connectivity index (χ0) is 16.5. The van der Waals surface area contributed by atoms with Gasteiger partial charge in [0, 0.05) is 12.5 Å². The van der Waals surface area contributed by atoms with E-state index >= 15 is 0 Å². The van der Waals surface area contributed by atoms with Crippen LogP contribution < -0.4 is 5.32 Å². The van der Waals surface area contributed by atoms with Crippen LogP contribution in [-0.2, 0) is 20.9 Å². The highest BCUT2D eigenvalue weighted by Gasteiger charge is 2.16. The van der Waals surface area contributed by atoms with Gasteiger partial charge in [0.15, 0.2) is 5.16 Å². The molecule has 1 aromatic rings. The van der Waals surface area contributed by atoms with Gasteiger partial charge in [-0.15, -0.1) is 10.2 Å². The first kappa shape index (κ1) is 18.5. The fraction of sp³-hybridized carbons (Fsp3) is 0.714. The van der Waals surface area contributed by atoms with E-state index in [0.29, 0.717) is 6.61 Å². The Morgan fingerprint density at radius 3 is 2.64 bits per heavy atom. The highest BCUT2D eigenvalue weighted by molar-refractivity contribution is 7.99. The second-order valence-electron chi connectivity index (χ2n) is 5.02. The van der Waals surface area contributed by atoms with Gasteiger partial charge in [-0.05, 0) is 13.3 Å². The van der Waals surface area contributed by atoms with Gasteiger partial charge in [0.1, 0.15) is 12.4 Å². The Morgan fingerprint density at radius 1 is 1.32 bits per heavy atom. The predicted molar refractivity (Wildman–Crippen MR) is 84.8 cm³/mol. The van der Waals surface area contributed by atoms with E-state index in [0.717, 1.165) is 23.9 Å². The number of thioether (sulfide) groups is 1. The molecule has 1 rings (SSSR count). The maximum Gasteiger partial charge on any atom is 0.325 e. The van der Waals surface area contributed by atoms with Gasteiger partial charge in [0.25, 0.3) is 0 Å². The van der Waals surface area contributed by atoms with Crippen LogP contribution in [0.1, 0.15) is 45.9 Å². The summed E-state index contributed by atoms with van der Waals surface area (Å²) in [5.74, 6) is 0.744. The molecule has 0 radical (unpaired) electrons. The molecule has 1 N–H and O–H groups in total. The molecule has 0 fully saturated rings. The predicted octanol–water partition coefficient (Wildman–Crippen LogP) is 1.58. The van der Waals surface area contributed by atoms with Crippen molar-refractivity contribution < 1.29 is 14.3 Å². The number of nitrogens with one attached hydrogen (secondary N) is 1. The molecule has 0 aliphatic rings. The minimum absolute atomic E-state index is 0.105. The first-order chi connectivity index (χ1) is 10.5. The Kier molecular flexibility index (Phi) is 7.94. The summed E-state index contributed by atoms with van der Waals surface area (Å²) >= 11 is 1.32. The number of amides is 1. The molecule has 0 spiro atoms. The number of carbonyl (C=O) groups excluding carboxylic acids is 2. The van der Waals surface area contributed by atoms with Gasteiger partial charge >= 0.3 is 5.97 Å². The van der Waals surface area contributed by atoms with Crippen molar-refractivity contribution in [2.75, 3.05) is 18.9 Å². The van der Waals surface area contributed by atoms with Crippen molar-refractivity contribution in [2.45, 2.75) is 51.7 Å². The molecule has 1 amide bonds. The van der Waals surface area contributed by atoms with Crippen LogP contribution in [0.4, 0.5) is 0 Å². The van der Waals surface area contributed by atoms with Gasteiger partial charge in [0.05, 0.1) is 12.4 Å². The molecule has 0 atom stereocenters. The summed E-state index contributed by atoms with van der Waals surface area (Å²) in [4.78, 5) is 22.9. The highest BCUT2D eigenvalue weighted by Crippen LogP contribution is 2.21. The number of rotatable bonds is 9. The lowest BCUT2D eigenvalue weighted by Gasteiger charge is -2.10. The van der Waals surface area contributed by atoms with E-state index in [1.807, 2.05) is 4.57 Å². The monoisotopic (exact) mass is 328 g/mol. The number of carbonyl (C=O) groups is 2. The van der Waals surface area contributed by atoms with Crippen molar-refractivity contribution >= 4 is 23.6 Å². The number of hydrogen-bond donors (Lipinski definition) is 1. The Labute approximate surface area is 135 Å². The van der Waals surface area contributed by atoms with Crippen molar-refractivity contribution in [3.8, 4) is 0 Å². The summed E-state index contributed by atoms with van der Waals surface area (Å²) in [6, 6.07) is 0. The molecule has 1 heterocycles. The zero-order valence-corrected chi connectivity index (χ0v) is 14.4. The molecule has 1 aromatic heterocycles. The maximum absolute atomic E-state index is 11.7. The molecule has 124 valence electrons. The standard InChI is InChI=1S/C14H24N4O3S/c1-5-7-18-13(10(3)4)16-17-14(18)22-9-11(19)15-8-12(20)21-6-2/h10H,5-9H2,1-4H3,(H,15,19). The Hall–Kier alpha value is -1.57. The molecule has 0 aliphatic carbocycles. The molecule has 0 bridgehead atoms. The van der Waals surface area contributed by atoms with Gasteiger partial charge in [-0.3, -0.25) is 9.59 Å². The van der Waals surface area contributed by atoms with Gasteiger partial charge in [-0.2, -0.15) is 0 Å². The number of aromatic nitrogens is 3. The van der Waals surface area contributed by atoms with Crippen LogP contribution in [0.25, 0.3) is 0 Å². The molecular weight excluding hydrogens is 304 g/mol. The minimum Gasteiger partial charge on any atom is -0.465 e. The third-order valence-corrected chi connectivity index (χ3v) is 3.74. The van der Waals surface area contributed by atoms with Crippen molar-refractivity contribution in [3.05, 3.63) is 5.82 Å². The fourth-order valence-electron chi connectivity index (χ4n) is 1.83. The van der Waals surface area contributed by atoms with E-state index < -0.39 is 5.97 Å². The van der Waals surface area contributed by atoms with Crippen molar-refractivity contribution in [1.29, 1.82) is 0 Å². The van der Waals surface area contributed by atoms with Crippen molar-refractivity contribution in [1.82, 2.24) is 20.1 Å². The number of ether oxygens (including phenoxy) is 1. The number of esters is 1. The Balaban J connectivity index is 2.53. The van der Waals surface area contributed by atoms with Crippen LogP contribution in [-0.4, -0.2) is 45.5 Å². The van der Waals surface area contributed by atoms with Crippen molar-refractivity contribution in [3.63, 3.8) is 0 Å². The molecule has 22 heavy (non-hydrogen) atoms. The first-order valence-corrected chi connectivity index (χ1v) is 8.46. The topological polar surface area (TPSA) is 86.1 Å². The van der Waals surface area contributed by atoms with E-state index in [4.69, 9.17) is 4.74 Å². The molecule has 0 saturated carbocycles. The lowest BCUT2D eigenvalue weighted by molar-refractivity contribution is -0.143. The molecule has 7 nitrogen and oxygen atoms in total. The van der Waals surface area contributed by atoms with Gasteiger partial charge in [0.2, 0.25) is 5.91 Å². The lowest BCUT2D eigenvalue weighted by Crippen LogP contribution is -2.31. The Bertz CT molecular complexity index is 502. The fourth-order valence-corrected chi connectivity index (χ4v) is 2.63. The minimum atomic E-state index is -0.433. The SMILES string of the molecule is CCCn1c(SCC(=O)NCC(=O)OCC)nnc1C(C)C. The van der Waals surface area contributed by atoms with Crippen LogP contribution in [0.3, 0.4) is 0 Å². The van der Waals surface area contributed by atoms with Crippen LogP contribution in [0, 0.1) is 0 Å². The van der Waals surface area contributed by atoms with E-state index in [2.05, 4.69) is 36.3 Å². The van der Waals surface area contributed by atoms with Crippen LogP contribution >= 0.6 is 11.8 Å². The van der Waals surface area contributed by atoms with Crippen molar-refractivity contribution in [2.24, 2.45) is 0 Å². The van der Waals surface area contributed by atoms with E-state index in [9.17, 15) is 9.59 Å². The lowest BCUT2D eigenvalue weighted by atomic mass is 10.2. The van der Waals surface area contributed by atoms with Gasteiger partial charge in [-0.25, -0.2) is 0 Å². The largest absolute Gasteiger partial charge is 0.465 e. The molecule has 8 heteroatoms. The molecule has 0 aromatic carbocycles. The van der Waals surface area contributed by atoms with Crippen LogP contribution in [0.5, 0.6) is 0 Å². The second-order valence-corrected chi connectivity index (χ2v) is 5.96. The molecule has 0 aliphatic heterocycles. The van der Waals surface area contributed by atoms with E-state index in [-0.39, 0.29) is 24.1 Å². The second kappa shape index (κ2) is 9.45. The Morgan fingerprint density at radius 2 is 2.05 bits per heavy atom. The number of nitrogens with zero attached hydrogens (tertiary/aromatic N) is 3. The first-order valence-electron chi connectivity index (χ1n) is 7.47. The number of hydrogen-bond acceptors (Lipinski definition) is 6. The quantitative estimate of drug-likeness (QED) is 0.547. The third kappa shape index (κ3) is 5.67. The molecule has 0 unspecified atom stereocenters. The van der Waals surface area contributed by atoms with E-state index in [1.54, 1.807) is 6.92 Å². The summed E-state index contributed by atoms with van der Waals surface area (Å²) in [5, 5.41) is 11.6. The summed E-state index contributed by atoms with van der Waals surface area (Å²) in [6.45, 7) is 8.97. The summed E-state index contributed by atoms with van der Waals surface area (Å²) in [7, 11) is 0. The molecule has 0 saturated heterocycles. The van der Waals surface area contributed by atoms with Crippen LogP contribution in [0.15, 0.2) is 5.16 Å². The van der Waals surface area contributed by atoms with Crippen LogP contribution in [0.2, 0.25) is 0 Å².